The predicted octanol–water partition coefficient (Wildman–Crippen LogP) is 4.51. The van der Waals surface area contributed by atoms with Gasteiger partial charge in [-0.15, -0.1) is 0 Å². The zero-order valence-corrected chi connectivity index (χ0v) is 20.9. The van der Waals surface area contributed by atoms with Gasteiger partial charge in [-0.3, -0.25) is 4.79 Å². The van der Waals surface area contributed by atoms with Crippen LogP contribution in [0, 0.1) is 18.8 Å². The maximum Gasteiger partial charge on any atom is 0.224 e. The molecule has 1 saturated carbocycles. The standard InChI is InChI=1S/C27H37N5O2/c1-5-7-22-27-21(16-24(29-22)31-12-14-34-15-13-31)25(30-23-9-6-8-17(2)28-23)18(3)26(20-10-11-20)32(27)19(4)33/h6,8-9,16,18,20,25-26H,5,7,10-15H2,1-4H3,(H,28,30)/t18-,25-,26-/m1/s1. The van der Waals surface area contributed by atoms with Gasteiger partial charge < -0.3 is 19.9 Å². The van der Waals surface area contributed by atoms with Crippen molar-refractivity contribution in [2.24, 2.45) is 11.8 Å². The second kappa shape index (κ2) is 9.53. The number of pyridine rings is 2. The third-order valence-electron chi connectivity index (χ3n) is 7.48. The zero-order chi connectivity index (χ0) is 23.8. The van der Waals surface area contributed by atoms with Gasteiger partial charge in [0.25, 0.3) is 0 Å². The van der Waals surface area contributed by atoms with Crippen molar-refractivity contribution in [2.45, 2.75) is 65.5 Å². The minimum absolute atomic E-state index is 0.0592. The number of hydrogen-bond acceptors (Lipinski definition) is 6. The molecule has 1 aliphatic carbocycles. The Morgan fingerprint density at radius 1 is 1.21 bits per heavy atom. The Bertz CT molecular complexity index is 1050. The third kappa shape index (κ3) is 4.38. The van der Waals surface area contributed by atoms with E-state index >= 15 is 0 Å². The lowest BCUT2D eigenvalue weighted by Gasteiger charge is -2.47. The number of aromatic nitrogens is 2. The first-order valence-electron chi connectivity index (χ1n) is 12.8. The van der Waals surface area contributed by atoms with E-state index in [0.717, 1.165) is 67.9 Å². The van der Waals surface area contributed by atoms with Crippen molar-refractivity contribution in [1.29, 1.82) is 0 Å². The van der Waals surface area contributed by atoms with Gasteiger partial charge in [0.1, 0.15) is 11.6 Å². The molecule has 1 N–H and O–H groups in total. The van der Waals surface area contributed by atoms with Gasteiger partial charge in [0.2, 0.25) is 5.91 Å². The van der Waals surface area contributed by atoms with E-state index in [1.807, 2.05) is 25.1 Å². The van der Waals surface area contributed by atoms with Crippen LogP contribution in [0.2, 0.25) is 0 Å². The fourth-order valence-electron chi connectivity index (χ4n) is 5.78. The summed E-state index contributed by atoms with van der Waals surface area (Å²) in [6, 6.07) is 8.58. The number of nitrogens with zero attached hydrogens (tertiary/aromatic N) is 4. The molecule has 34 heavy (non-hydrogen) atoms. The van der Waals surface area contributed by atoms with E-state index in [2.05, 4.69) is 35.0 Å². The first-order chi connectivity index (χ1) is 16.5. The van der Waals surface area contributed by atoms with E-state index in [1.54, 1.807) is 6.92 Å². The van der Waals surface area contributed by atoms with Gasteiger partial charge >= 0.3 is 0 Å². The van der Waals surface area contributed by atoms with E-state index in [-0.39, 0.29) is 23.9 Å². The van der Waals surface area contributed by atoms with Crippen molar-refractivity contribution >= 4 is 23.2 Å². The molecule has 2 aromatic rings. The monoisotopic (exact) mass is 463 g/mol. The lowest BCUT2D eigenvalue weighted by molar-refractivity contribution is -0.117. The van der Waals surface area contributed by atoms with Crippen LogP contribution in [0.15, 0.2) is 24.3 Å². The Labute approximate surface area is 202 Å². The number of carbonyl (C=O) groups is 1. The van der Waals surface area contributed by atoms with Gasteiger partial charge in [0.05, 0.1) is 30.6 Å². The summed E-state index contributed by atoms with van der Waals surface area (Å²) in [5.74, 6) is 2.80. The average molecular weight is 464 g/mol. The summed E-state index contributed by atoms with van der Waals surface area (Å²) in [4.78, 5) is 27.5. The van der Waals surface area contributed by atoms with Crippen LogP contribution >= 0.6 is 0 Å². The van der Waals surface area contributed by atoms with Crippen molar-refractivity contribution in [1.82, 2.24) is 9.97 Å². The molecule has 182 valence electrons. The highest BCUT2D eigenvalue weighted by molar-refractivity contribution is 5.95. The predicted molar refractivity (Wildman–Crippen MR) is 135 cm³/mol. The van der Waals surface area contributed by atoms with Crippen LogP contribution < -0.4 is 15.1 Å². The third-order valence-corrected chi connectivity index (χ3v) is 7.48. The van der Waals surface area contributed by atoms with Gasteiger partial charge in [-0.1, -0.05) is 26.3 Å². The highest BCUT2D eigenvalue weighted by Crippen LogP contribution is 2.51. The Balaban J connectivity index is 1.67. The quantitative estimate of drug-likeness (QED) is 0.680. The minimum atomic E-state index is 0.0592. The van der Waals surface area contributed by atoms with Crippen molar-refractivity contribution in [2.75, 3.05) is 41.4 Å². The first-order valence-corrected chi connectivity index (χ1v) is 12.8. The Hall–Kier alpha value is -2.67. The van der Waals surface area contributed by atoms with Crippen LogP contribution in [0.5, 0.6) is 0 Å². The highest BCUT2D eigenvalue weighted by atomic mass is 16.5. The zero-order valence-electron chi connectivity index (χ0n) is 20.9. The first kappa shape index (κ1) is 23.1. The highest BCUT2D eigenvalue weighted by Gasteiger charge is 2.48. The Morgan fingerprint density at radius 3 is 2.62 bits per heavy atom. The smallest absolute Gasteiger partial charge is 0.224 e. The number of ether oxygens (including phenoxy) is 1. The summed E-state index contributed by atoms with van der Waals surface area (Å²) >= 11 is 0. The lowest BCUT2D eigenvalue weighted by Crippen LogP contribution is -2.52. The number of anilines is 3. The lowest BCUT2D eigenvalue weighted by atomic mass is 9.79. The maximum absolute atomic E-state index is 13.1. The largest absolute Gasteiger partial charge is 0.378 e. The molecule has 2 aromatic heterocycles. The fraction of sp³-hybridized carbons (Fsp3) is 0.593. The van der Waals surface area contributed by atoms with Crippen LogP contribution in [-0.2, 0) is 16.0 Å². The van der Waals surface area contributed by atoms with Crippen molar-refractivity contribution in [3.05, 3.63) is 41.2 Å². The Morgan fingerprint density at radius 2 is 1.97 bits per heavy atom. The molecule has 0 unspecified atom stereocenters. The molecule has 0 bridgehead atoms. The average Bonchev–Trinajstić information content (AvgIpc) is 3.66. The molecule has 0 radical (unpaired) electrons. The van der Waals surface area contributed by atoms with E-state index in [0.29, 0.717) is 5.92 Å². The van der Waals surface area contributed by atoms with Gasteiger partial charge in [-0.05, 0) is 50.3 Å². The summed E-state index contributed by atoms with van der Waals surface area (Å²) in [7, 11) is 0. The SMILES string of the molecule is CCCc1nc(N2CCOCC2)cc2c1N(C(C)=O)[C@@H](C1CC1)[C@H](C)[C@H]2Nc1cccc(C)n1. The molecule has 0 aromatic carbocycles. The molecule has 3 atom stereocenters. The van der Waals surface area contributed by atoms with Crippen molar-refractivity contribution < 1.29 is 9.53 Å². The van der Waals surface area contributed by atoms with Gasteiger partial charge in [-0.2, -0.15) is 0 Å². The number of carbonyl (C=O) groups excluding carboxylic acids is 1. The summed E-state index contributed by atoms with van der Waals surface area (Å²) in [5.41, 5.74) is 4.24. The van der Waals surface area contributed by atoms with Gasteiger partial charge in [0, 0.05) is 43.2 Å². The fourth-order valence-corrected chi connectivity index (χ4v) is 5.78. The van der Waals surface area contributed by atoms with Crippen LogP contribution in [0.4, 0.5) is 17.3 Å². The second-order valence-corrected chi connectivity index (χ2v) is 10.1. The number of fused-ring (bicyclic) bond motifs is 1. The normalized spacial score (nSPS) is 24.6. The van der Waals surface area contributed by atoms with E-state index in [9.17, 15) is 4.79 Å². The van der Waals surface area contributed by atoms with Crippen LogP contribution in [0.3, 0.4) is 0 Å². The van der Waals surface area contributed by atoms with Gasteiger partial charge in [0.15, 0.2) is 0 Å². The van der Waals surface area contributed by atoms with E-state index in [1.165, 1.54) is 18.4 Å². The molecule has 1 amide bonds. The molecule has 0 spiro atoms. The van der Waals surface area contributed by atoms with Gasteiger partial charge in [-0.25, -0.2) is 9.97 Å². The van der Waals surface area contributed by atoms with Crippen molar-refractivity contribution in [3.8, 4) is 0 Å². The molecule has 3 aliphatic rings. The van der Waals surface area contributed by atoms with Crippen LogP contribution in [0.25, 0.3) is 0 Å². The molecule has 4 heterocycles. The second-order valence-electron chi connectivity index (χ2n) is 10.1. The Kier molecular flexibility index (Phi) is 6.47. The summed E-state index contributed by atoms with van der Waals surface area (Å²) < 4.78 is 5.59. The molecule has 2 aliphatic heterocycles. The minimum Gasteiger partial charge on any atom is -0.378 e. The summed E-state index contributed by atoms with van der Waals surface area (Å²) in [6.45, 7) is 11.3. The topological polar surface area (TPSA) is 70.6 Å². The van der Waals surface area contributed by atoms with Crippen LogP contribution in [-0.4, -0.2) is 48.2 Å². The molecule has 1 saturated heterocycles. The number of morpholine rings is 1. The molecule has 2 fully saturated rings. The number of amides is 1. The number of rotatable bonds is 6. The number of hydrogen-bond donors (Lipinski definition) is 1. The molecular weight excluding hydrogens is 426 g/mol. The van der Waals surface area contributed by atoms with E-state index in [4.69, 9.17) is 14.7 Å². The van der Waals surface area contributed by atoms with E-state index < -0.39 is 0 Å². The molecule has 7 nitrogen and oxygen atoms in total. The molecule has 5 rings (SSSR count). The molecular formula is C27H37N5O2. The maximum atomic E-state index is 13.1. The number of nitrogens with one attached hydrogen (secondary N) is 1. The number of aryl methyl sites for hydroxylation is 2. The summed E-state index contributed by atoms with van der Waals surface area (Å²) in [6.07, 6.45) is 4.21. The molecule has 7 heteroatoms. The summed E-state index contributed by atoms with van der Waals surface area (Å²) in [5, 5.41) is 3.78. The van der Waals surface area contributed by atoms with Crippen molar-refractivity contribution in [3.63, 3.8) is 0 Å². The van der Waals surface area contributed by atoms with Crippen LogP contribution in [0.1, 0.15) is 63.0 Å².